The molecule has 0 heterocycles. The summed E-state index contributed by atoms with van der Waals surface area (Å²) in [5.41, 5.74) is 0. The summed E-state index contributed by atoms with van der Waals surface area (Å²) in [5, 5.41) is 0. The molecule has 0 aliphatic heterocycles. The third kappa shape index (κ3) is 4.19. The Hall–Kier alpha value is 0.0249. The SMILES string of the molecule is CCB(CC)CC.O. The van der Waals surface area contributed by atoms with Crippen LogP contribution in [0.5, 0.6) is 0 Å². The molecule has 0 aromatic rings. The van der Waals surface area contributed by atoms with Crippen LogP contribution in [0.4, 0.5) is 0 Å². The van der Waals surface area contributed by atoms with Gasteiger partial charge in [0.25, 0.3) is 0 Å². The molecular weight excluding hydrogens is 98.9 g/mol. The molecule has 8 heavy (non-hydrogen) atoms. The van der Waals surface area contributed by atoms with Gasteiger partial charge in [0.1, 0.15) is 6.71 Å². The van der Waals surface area contributed by atoms with Crippen LogP contribution in [0.15, 0.2) is 0 Å². The quantitative estimate of drug-likeness (QED) is 0.502. The van der Waals surface area contributed by atoms with E-state index in [-0.39, 0.29) is 5.48 Å². The fraction of sp³-hybridized carbons (Fsp3) is 1.00. The summed E-state index contributed by atoms with van der Waals surface area (Å²) in [6.07, 6.45) is 4.06. The first kappa shape index (κ1) is 10.9. The summed E-state index contributed by atoms with van der Waals surface area (Å²) in [6.45, 7) is 7.77. The van der Waals surface area contributed by atoms with Gasteiger partial charge in [-0.3, -0.25) is 0 Å². The lowest BCUT2D eigenvalue weighted by molar-refractivity contribution is 0.824. The van der Waals surface area contributed by atoms with Gasteiger partial charge in [0.15, 0.2) is 0 Å². The molecule has 0 rings (SSSR count). The summed E-state index contributed by atoms with van der Waals surface area (Å²) in [4.78, 5) is 0. The molecular formula is C6H17BO. The van der Waals surface area contributed by atoms with Crippen LogP contribution in [-0.2, 0) is 0 Å². The van der Waals surface area contributed by atoms with E-state index >= 15 is 0 Å². The lowest BCUT2D eigenvalue weighted by Gasteiger charge is -2.00. The molecule has 1 nitrogen and oxygen atoms in total. The maximum absolute atomic E-state index is 2.26. The van der Waals surface area contributed by atoms with Gasteiger partial charge in [0.05, 0.1) is 0 Å². The smallest absolute Gasteiger partial charge is 0.139 e. The second-order valence-electron chi connectivity index (χ2n) is 2.09. The fourth-order valence-corrected chi connectivity index (χ4v) is 0.866. The highest BCUT2D eigenvalue weighted by Gasteiger charge is 2.01. The van der Waals surface area contributed by atoms with Crippen molar-refractivity contribution in [2.45, 2.75) is 39.7 Å². The molecule has 0 aliphatic carbocycles. The molecule has 0 bridgehead atoms. The van der Waals surface area contributed by atoms with Crippen molar-refractivity contribution in [1.29, 1.82) is 0 Å². The van der Waals surface area contributed by atoms with Crippen molar-refractivity contribution < 1.29 is 5.48 Å². The van der Waals surface area contributed by atoms with Gasteiger partial charge in [-0.25, -0.2) is 0 Å². The van der Waals surface area contributed by atoms with E-state index in [0.29, 0.717) is 0 Å². The van der Waals surface area contributed by atoms with Gasteiger partial charge >= 0.3 is 0 Å². The molecule has 0 aromatic heterocycles. The average Bonchev–Trinajstić information content (AvgIpc) is 1.72. The lowest BCUT2D eigenvalue weighted by atomic mass is 9.44. The summed E-state index contributed by atoms with van der Waals surface area (Å²) >= 11 is 0. The number of rotatable bonds is 3. The molecule has 0 saturated heterocycles. The van der Waals surface area contributed by atoms with E-state index in [2.05, 4.69) is 20.8 Å². The monoisotopic (exact) mass is 116 g/mol. The maximum Gasteiger partial charge on any atom is 0.139 e. The Bertz CT molecular complexity index is 30.0. The van der Waals surface area contributed by atoms with Gasteiger partial charge in [0.2, 0.25) is 0 Å². The van der Waals surface area contributed by atoms with E-state index in [1.165, 1.54) is 19.0 Å². The predicted octanol–water partition coefficient (Wildman–Crippen LogP) is 1.72. The molecule has 0 saturated carbocycles. The first-order valence-electron chi connectivity index (χ1n) is 3.35. The van der Waals surface area contributed by atoms with Crippen LogP contribution in [0.25, 0.3) is 0 Å². The Balaban J connectivity index is 0. The first-order valence-corrected chi connectivity index (χ1v) is 3.35. The highest BCUT2D eigenvalue weighted by molar-refractivity contribution is 6.58. The zero-order valence-electron chi connectivity index (χ0n) is 6.20. The molecule has 0 unspecified atom stereocenters. The van der Waals surface area contributed by atoms with Crippen molar-refractivity contribution in [2.24, 2.45) is 0 Å². The number of hydrogen-bond donors (Lipinski definition) is 0. The predicted molar refractivity (Wildman–Crippen MR) is 40.8 cm³/mol. The normalized spacial score (nSPS) is 7.88. The molecule has 0 atom stereocenters. The van der Waals surface area contributed by atoms with Crippen LogP contribution in [0.1, 0.15) is 20.8 Å². The van der Waals surface area contributed by atoms with E-state index in [9.17, 15) is 0 Å². The Morgan fingerprint density at radius 1 is 0.875 bits per heavy atom. The summed E-state index contributed by atoms with van der Waals surface area (Å²) < 4.78 is 0. The van der Waals surface area contributed by atoms with Crippen LogP contribution in [0.3, 0.4) is 0 Å². The standard InChI is InChI=1S/C6H15B.H2O/c1-4-7(5-2)6-3;/h4-6H2,1-3H3;1H2. The van der Waals surface area contributed by atoms with Crippen LogP contribution in [0.2, 0.25) is 19.0 Å². The minimum absolute atomic E-state index is 0. The van der Waals surface area contributed by atoms with Gasteiger partial charge in [-0.2, -0.15) is 0 Å². The van der Waals surface area contributed by atoms with Crippen molar-refractivity contribution in [3.8, 4) is 0 Å². The summed E-state index contributed by atoms with van der Waals surface area (Å²) in [5.74, 6) is 0. The Labute approximate surface area is 52.9 Å². The highest BCUT2D eigenvalue weighted by Crippen LogP contribution is 2.01. The van der Waals surface area contributed by atoms with E-state index in [4.69, 9.17) is 0 Å². The molecule has 0 amide bonds. The molecule has 0 radical (unpaired) electrons. The van der Waals surface area contributed by atoms with Crippen molar-refractivity contribution in [3.05, 3.63) is 0 Å². The molecule has 50 valence electrons. The minimum atomic E-state index is 0. The van der Waals surface area contributed by atoms with Gasteiger partial charge in [-0.15, -0.1) is 0 Å². The topological polar surface area (TPSA) is 31.5 Å². The molecule has 0 spiro atoms. The van der Waals surface area contributed by atoms with Gasteiger partial charge < -0.3 is 5.48 Å². The third-order valence-corrected chi connectivity index (χ3v) is 1.73. The van der Waals surface area contributed by atoms with E-state index in [0.717, 1.165) is 6.71 Å². The average molecular weight is 116 g/mol. The molecule has 2 N–H and O–H groups in total. The second kappa shape index (κ2) is 7.02. The maximum atomic E-state index is 2.26. The van der Waals surface area contributed by atoms with Crippen LogP contribution < -0.4 is 0 Å². The van der Waals surface area contributed by atoms with Crippen molar-refractivity contribution in [1.82, 2.24) is 0 Å². The minimum Gasteiger partial charge on any atom is -0.412 e. The van der Waals surface area contributed by atoms with Crippen molar-refractivity contribution >= 4 is 6.71 Å². The Kier molecular flexibility index (Phi) is 9.58. The Morgan fingerprint density at radius 3 is 1.12 bits per heavy atom. The number of hydrogen-bond acceptors (Lipinski definition) is 0. The molecule has 0 aliphatic rings. The Morgan fingerprint density at radius 2 is 1.12 bits per heavy atom. The first-order chi connectivity index (χ1) is 3.35. The highest BCUT2D eigenvalue weighted by atomic mass is 16.0. The van der Waals surface area contributed by atoms with Gasteiger partial charge in [-0.05, 0) is 0 Å². The summed E-state index contributed by atoms with van der Waals surface area (Å²) in [7, 11) is 0. The van der Waals surface area contributed by atoms with Crippen LogP contribution in [0, 0.1) is 0 Å². The zero-order valence-corrected chi connectivity index (χ0v) is 6.20. The third-order valence-electron chi connectivity index (χ3n) is 1.73. The molecule has 2 heteroatoms. The van der Waals surface area contributed by atoms with Crippen molar-refractivity contribution in [2.75, 3.05) is 0 Å². The van der Waals surface area contributed by atoms with Gasteiger partial charge in [0, 0.05) is 0 Å². The van der Waals surface area contributed by atoms with E-state index in [1.807, 2.05) is 0 Å². The molecule has 0 fully saturated rings. The molecule has 0 aromatic carbocycles. The van der Waals surface area contributed by atoms with Crippen LogP contribution >= 0.6 is 0 Å². The van der Waals surface area contributed by atoms with E-state index < -0.39 is 0 Å². The fourth-order valence-electron chi connectivity index (χ4n) is 0.866. The second-order valence-corrected chi connectivity index (χ2v) is 2.09. The largest absolute Gasteiger partial charge is 0.412 e. The van der Waals surface area contributed by atoms with Crippen LogP contribution in [-0.4, -0.2) is 12.2 Å². The zero-order chi connectivity index (χ0) is 5.70. The lowest BCUT2D eigenvalue weighted by Crippen LogP contribution is -2.04. The van der Waals surface area contributed by atoms with E-state index in [1.54, 1.807) is 0 Å². The summed E-state index contributed by atoms with van der Waals surface area (Å²) in [6, 6.07) is 0. The van der Waals surface area contributed by atoms with Crippen molar-refractivity contribution in [3.63, 3.8) is 0 Å². The van der Waals surface area contributed by atoms with Gasteiger partial charge in [-0.1, -0.05) is 39.7 Å².